The van der Waals surface area contributed by atoms with Gasteiger partial charge < -0.3 is 10.2 Å². The number of nitrogens with one attached hydrogen (secondary N) is 1. The SMILES string of the molecule is O=C(Nc1cccc2cccnc12)[C@@H]1CCN1C(=O)C(F)(F)F. The number of aromatic nitrogens is 1. The van der Waals surface area contributed by atoms with Crippen LogP contribution in [0.25, 0.3) is 10.9 Å². The average Bonchev–Trinajstić information content (AvgIpc) is 2.45. The lowest BCUT2D eigenvalue weighted by atomic mass is 10.0. The maximum absolute atomic E-state index is 12.5. The third kappa shape index (κ3) is 2.84. The molecular formula is C15H12F3N3O2. The van der Waals surface area contributed by atoms with E-state index in [1.54, 1.807) is 36.5 Å². The lowest BCUT2D eigenvalue weighted by Crippen LogP contribution is -2.60. The van der Waals surface area contributed by atoms with Gasteiger partial charge in [-0.25, -0.2) is 0 Å². The summed E-state index contributed by atoms with van der Waals surface area (Å²) >= 11 is 0. The van der Waals surface area contributed by atoms with E-state index in [2.05, 4.69) is 10.3 Å². The van der Waals surface area contributed by atoms with Crippen LogP contribution in [0.15, 0.2) is 36.5 Å². The normalized spacial score (nSPS) is 17.7. The number of halogens is 3. The Bertz CT molecular complexity index is 771. The van der Waals surface area contributed by atoms with Gasteiger partial charge in [0.1, 0.15) is 6.04 Å². The molecule has 1 aliphatic rings. The Morgan fingerprint density at radius 3 is 2.61 bits per heavy atom. The van der Waals surface area contributed by atoms with Crippen LogP contribution in [0.5, 0.6) is 0 Å². The standard InChI is InChI=1S/C15H12F3N3O2/c16-15(17,18)14(23)21-8-6-11(21)13(22)20-10-5-1-3-9-4-2-7-19-12(9)10/h1-5,7,11H,6,8H2,(H,20,22)/t11-/m0/s1. The van der Waals surface area contributed by atoms with Crippen LogP contribution in [0, 0.1) is 0 Å². The van der Waals surface area contributed by atoms with E-state index in [4.69, 9.17) is 0 Å². The summed E-state index contributed by atoms with van der Waals surface area (Å²) in [6.07, 6.45) is -3.22. The number of benzene rings is 1. The molecule has 0 unspecified atom stereocenters. The fourth-order valence-corrected chi connectivity index (χ4v) is 2.49. The highest BCUT2D eigenvalue weighted by Gasteiger charge is 2.49. The van der Waals surface area contributed by atoms with E-state index in [0.717, 1.165) is 5.39 Å². The van der Waals surface area contributed by atoms with Crippen LogP contribution >= 0.6 is 0 Å². The molecule has 2 heterocycles. The number of rotatable bonds is 2. The lowest BCUT2D eigenvalue weighted by Gasteiger charge is -2.39. The highest BCUT2D eigenvalue weighted by Crippen LogP contribution is 2.28. The third-order valence-electron chi connectivity index (χ3n) is 3.72. The monoisotopic (exact) mass is 323 g/mol. The van der Waals surface area contributed by atoms with E-state index in [-0.39, 0.29) is 13.0 Å². The second kappa shape index (κ2) is 5.53. The van der Waals surface area contributed by atoms with E-state index < -0.39 is 24.0 Å². The number of carbonyl (C=O) groups excluding carboxylic acids is 2. The minimum Gasteiger partial charge on any atom is -0.323 e. The van der Waals surface area contributed by atoms with Gasteiger partial charge in [0.05, 0.1) is 11.2 Å². The molecule has 2 aromatic rings. The third-order valence-corrected chi connectivity index (χ3v) is 3.72. The number of carbonyl (C=O) groups is 2. The van der Waals surface area contributed by atoms with Crippen LogP contribution in [-0.4, -0.2) is 40.5 Å². The summed E-state index contributed by atoms with van der Waals surface area (Å²) in [6.45, 7) is -0.0791. The number of alkyl halides is 3. The zero-order chi connectivity index (χ0) is 16.6. The van der Waals surface area contributed by atoms with E-state index in [1.165, 1.54) is 0 Å². The van der Waals surface area contributed by atoms with Crippen molar-refractivity contribution in [1.29, 1.82) is 0 Å². The van der Waals surface area contributed by atoms with Gasteiger partial charge in [0, 0.05) is 18.1 Å². The van der Waals surface area contributed by atoms with Crippen molar-refractivity contribution in [3.8, 4) is 0 Å². The molecule has 0 radical (unpaired) electrons. The molecular weight excluding hydrogens is 311 g/mol. The highest BCUT2D eigenvalue weighted by atomic mass is 19.4. The molecule has 0 saturated carbocycles. The summed E-state index contributed by atoms with van der Waals surface area (Å²) in [5, 5.41) is 3.35. The number of hydrogen-bond donors (Lipinski definition) is 1. The molecule has 1 aromatic carbocycles. The van der Waals surface area contributed by atoms with Gasteiger partial charge in [-0.1, -0.05) is 18.2 Å². The summed E-state index contributed by atoms with van der Waals surface area (Å²) in [5.41, 5.74) is 0.941. The maximum atomic E-state index is 12.5. The summed E-state index contributed by atoms with van der Waals surface area (Å²) in [7, 11) is 0. The van der Waals surface area contributed by atoms with Crippen LogP contribution in [0.4, 0.5) is 18.9 Å². The lowest BCUT2D eigenvalue weighted by molar-refractivity contribution is -0.193. The molecule has 1 N–H and O–H groups in total. The summed E-state index contributed by atoms with van der Waals surface area (Å²) in [4.78, 5) is 28.1. The topological polar surface area (TPSA) is 62.3 Å². The van der Waals surface area contributed by atoms with Gasteiger partial charge in [0.2, 0.25) is 5.91 Å². The second-order valence-corrected chi connectivity index (χ2v) is 5.17. The van der Waals surface area contributed by atoms with Gasteiger partial charge in [-0.2, -0.15) is 13.2 Å². The number of amides is 2. The first-order chi connectivity index (χ1) is 10.9. The molecule has 8 heteroatoms. The van der Waals surface area contributed by atoms with Crippen molar-refractivity contribution in [3.05, 3.63) is 36.5 Å². The predicted molar refractivity (Wildman–Crippen MR) is 76.5 cm³/mol. The molecule has 2 amide bonds. The summed E-state index contributed by atoms with van der Waals surface area (Å²) in [6, 6.07) is 7.56. The van der Waals surface area contributed by atoms with Gasteiger partial charge >= 0.3 is 12.1 Å². The molecule has 0 bridgehead atoms. The second-order valence-electron chi connectivity index (χ2n) is 5.17. The molecule has 0 aliphatic carbocycles. The molecule has 1 aliphatic heterocycles. The van der Waals surface area contributed by atoms with Crippen molar-refractivity contribution in [2.45, 2.75) is 18.6 Å². The van der Waals surface area contributed by atoms with E-state index in [9.17, 15) is 22.8 Å². The van der Waals surface area contributed by atoms with E-state index >= 15 is 0 Å². The predicted octanol–water partition coefficient (Wildman–Crippen LogP) is 2.34. The number of hydrogen-bond acceptors (Lipinski definition) is 3. The number of anilines is 1. The molecule has 1 atom stereocenters. The zero-order valence-corrected chi connectivity index (χ0v) is 11.8. The molecule has 1 saturated heterocycles. The fourth-order valence-electron chi connectivity index (χ4n) is 2.49. The Morgan fingerprint density at radius 2 is 1.96 bits per heavy atom. The minimum atomic E-state index is -4.97. The van der Waals surface area contributed by atoms with Crippen LogP contribution < -0.4 is 5.32 Å². The van der Waals surface area contributed by atoms with Gasteiger partial charge in [0.25, 0.3) is 0 Å². The van der Waals surface area contributed by atoms with Crippen LogP contribution in [0.3, 0.4) is 0 Å². The van der Waals surface area contributed by atoms with E-state index in [1.807, 2.05) is 0 Å². The number of likely N-dealkylation sites (tertiary alicyclic amines) is 1. The Balaban J connectivity index is 1.78. The molecule has 3 rings (SSSR count). The molecule has 23 heavy (non-hydrogen) atoms. The highest BCUT2D eigenvalue weighted by molar-refractivity contribution is 6.04. The number of pyridine rings is 1. The average molecular weight is 323 g/mol. The Kier molecular flexibility index (Phi) is 3.67. The van der Waals surface area contributed by atoms with Crippen molar-refractivity contribution in [3.63, 3.8) is 0 Å². The van der Waals surface area contributed by atoms with Gasteiger partial charge in [-0.15, -0.1) is 0 Å². The van der Waals surface area contributed by atoms with Crippen molar-refractivity contribution in [1.82, 2.24) is 9.88 Å². The Morgan fingerprint density at radius 1 is 1.22 bits per heavy atom. The van der Waals surface area contributed by atoms with Crippen LogP contribution in [-0.2, 0) is 9.59 Å². The first-order valence-electron chi connectivity index (χ1n) is 6.90. The summed E-state index contributed by atoms with van der Waals surface area (Å²) < 4.78 is 37.4. The smallest absolute Gasteiger partial charge is 0.323 e. The number of nitrogens with zero attached hydrogens (tertiary/aromatic N) is 2. The molecule has 5 nitrogen and oxygen atoms in total. The zero-order valence-electron chi connectivity index (χ0n) is 11.8. The van der Waals surface area contributed by atoms with Crippen LogP contribution in [0.2, 0.25) is 0 Å². The number of para-hydroxylation sites is 1. The van der Waals surface area contributed by atoms with Crippen LogP contribution in [0.1, 0.15) is 6.42 Å². The molecule has 1 aromatic heterocycles. The number of fused-ring (bicyclic) bond motifs is 1. The van der Waals surface area contributed by atoms with Crippen molar-refractivity contribution in [2.24, 2.45) is 0 Å². The minimum absolute atomic E-state index is 0.0791. The Hall–Kier alpha value is -2.64. The fraction of sp³-hybridized carbons (Fsp3) is 0.267. The molecule has 120 valence electrons. The van der Waals surface area contributed by atoms with Crippen molar-refractivity contribution >= 4 is 28.4 Å². The van der Waals surface area contributed by atoms with Crippen molar-refractivity contribution in [2.75, 3.05) is 11.9 Å². The maximum Gasteiger partial charge on any atom is 0.471 e. The quantitative estimate of drug-likeness (QED) is 0.923. The van der Waals surface area contributed by atoms with Crippen molar-refractivity contribution < 1.29 is 22.8 Å². The van der Waals surface area contributed by atoms with E-state index in [0.29, 0.717) is 16.1 Å². The first-order valence-corrected chi connectivity index (χ1v) is 6.90. The molecule has 0 spiro atoms. The van der Waals surface area contributed by atoms with Gasteiger partial charge in [-0.3, -0.25) is 14.6 Å². The van der Waals surface area contributed by atoms with Gasteiger partial charge in [-0.05, 0) is 18.6 Å². The van der Waals surface area contributed by atoms with Gasteiger partial charge in [0.15, 0.2) is 0 Å². The molecule has 1 fully saturated rings. The Labute approximate surface area is 129 Å². The first kappa shape index (κ1) is 15.3. The largest absolute Gasteiger partial charge is 0.471 e. The summed E-state index contributed by atoms with van der Waals surface area (Å²) in [5.74, 6) is -2.63.